The van der Waals surface area contributed by atoms with Crippen molar-refractivity contribution in [3.63, 3.8) is 0 Å². The molecule has 26 heavy (non-hydrogen) atoms. The van der Waals surface area contributed by atoms with E-state index in [1.165, 1.54) is 23.9 Å². The van der Waals surface area contributed by atoms with Gasteiger partial charge >= 0.3 is 5.97 Å². The average Bonchev–Trinajstić information content (AvgIpc) is 2.54. The molecule has 0 aromatic heterocycles. The van der Waals surface area contributed by atoms with Gasteiger partial charge in [-0.05, 0) is 52.0 Å². The van der Waals surface area contributed by atoms with Gasteiger partial charge in [-0.3, -0.25) is 4.79 Å². The number of carbonyl (C=O) groups is 1. The van der Waals surface area contributed by atoms with Crippen LogP contribution in [0.4, 0.5) is 0 Å². The summed E-state index contributed by atoms with van der Waals surface area (Å²) in [4.78, 5) is 11.8. The van der Waals surface area contributed by atoms with Crippen molar-refractivity contribution in [2.75, 3.05) is 12.3 Å². The molecule has 0 radical (unpaired) electrons. The summed E-state index contributed by atoms with van der Waals surface area (Å²) < 4.78 is 32.0. The summed E-state index contributed by atoms with van der Waals surface area (Å²) in [5, 5.41) is 9.60. The Bertz CT molecular complexity index is 821. The lowest BCUT2D eigenvalue weighted by Crippen LogP contribution is -2.58. The maximum Gasteiger partial charge on any atom is 0.323 e. The van der Waals surface area contributed by atoms with E-state index < -0.39 is 26.8 Å². The van der Waals surface area contributed by atoms with Crippen molar-refractivity contribution < 1.29 is 23.1 Å². The number of hydrogen-bond acceptors (Lipinski definition) is 5. The van der Waals surface area contributed by atoms with Crippen LogP contribution in [0.2, 0.25) is 0 Å². The maximum atomic E-state index is 13.0. The lowest BCUT2D eigenvalue weighted by molar-refractivity contribution is -0.142. The van der Waals surface area contributed by atoms with Gasteiger partial charge in [0.2, 0.25) is 10.0 Å². The molecule has 6 nitrogen and oxygen atoms in total. The third-order valence-corrected chi connectivity index (χ3v) is 7.29. The minimum Gasteiger partial charge on any atom is -0.480 e. The Balaban J connectivity index is 2.31. The van der Waals surface area contributed by atoms with Crippen molar-refractivity contribution in [1.82, 2.24) is 4.31 Å². The molecule has 2 rings (SSSR count). The average molecular weight is 398 g/mol. The highest BCUT2D eigenvalue weighted by Crippen LogP contribution is 2.38. The van der Waals surface area contributed by atoms with Gasteiger partial charge < -0.3 is 9.84 Å². The van der Waals surface area contributed by atoms with Gasteiger partial charge in [-0.2, -0.15) is 16.1 Å². The number of aliphatic carboxylic acids is 1. The Morgan fingerprint density at radius 2 is 2.00 bits per heavy atom. The summed E-state index contributed by atoms with van der Waals surface area (Å²) in [5.41, 5.74) is 0. The summed E-state index contributed by atoms with van der Waals surface area (Å²) in [7, 11) is -3.93. The van der Waals surface area contributed by atoms with Crippen molar-refractivity contribution >= 4 is 27.8 Å². The topological polar surface area (TPSA) is 83.9 Å². The normalized spacial score (nSPS) is 21.3. The Morgan fingerprint density at radius 3 is 2.54 bits per heavy atom. The SMILES string of the molecule is CC#CC(C)Oc1ccc(S(=O)(=O)N2CCSC(C)(C)C2C(=O)O)cc1. The standard InChI is InChI=1S/C18H23NO5S2/c1-5-6-13(2)24-14-7-9-15(10-8-14)26(22,23)19-11-12-25-18(3,4)16(19)17(20)21/h7-10,13,16H,11-12H2,1-4H3,(H,20,21). The quantitative estimate of drug-likeness (QED) is 0.769. The van der Waals surface area contributed by atoms with Gasteiger partial charge in [0, 0.05) is 17.0 Å². The van der Waals surface area contributed by atoms with E-state index in [-0.39, 0.29) is 17.5 Å². The first kappa shape index (κ1) is 20.6. The van der Waals surface area contributed by atoms with Gasteiger partial charge in [0.05, 0.1) is 4.90 Å². The molecule has 1 N–H and O–H groups in total. The van der Waals surface area contributed by atoms with Crippen LogP contribution in [-0.2, 0) is 14.8 Å². The molecule has 2 unspecified atom stereocenters. The molecule has 1 heterocycles. The second-order valence-electron chi connectivity index (χ2n) is 6.43. The molecule has 0 amide bonds. The third kappa shape index (κ3) is 4.34. The Morgan fingerprint density at radius 1 is 1.38 bits per heavy atom. The molecule has 1 aromatic rings. The Hall–Kier alpha value is -1.69. The second kappa shape index (κ2) is 7.91. The molecule has 142 valence electrons. The van der Waals surface area contributed by atoms with E-state index in [1.54, 1.807) is 39.8 Å². The third-order valence-electron chi connectivity index (χ3n) is 4.06. The van der Waals surface area contributed by atoms with Crippen molar-refractivity contribution in [2.24, 2.45) is 0 Å². The monoisotopic (exact) mass is 397 g/mol. The molecule has 0 bridgehead atoms. The molecule has 0 spiro atoms. The van der Waals surface area contributed by atoms with Crippen LogP contribution >= 0.6 is 11.8 Å². The number of nitrogens with zero attached hydrogens (tertiary/aromatic N) is 1. The van der Waals surface area contributed by atoms with E-state index in [2.05, 4.69) is 11.8 Å². The molecule has 1 aliphatic heterocycles. The molecule has 0 aliphatic carbocycles. The largest absolute Gasteiger partial charge is 0.480 e. The van der Waals surface area contributed by atoms with Gasteiger partial charge in [-0.15, -0.1) is 5.92 Å². The number of carboxylic acids is 1. The van der Waals surface area contributed by atoms with Gasteiger partial charge in [0.25, 0.3) is 0 Å². The van der Waals surface area contributed by atoms with E-state index in [0.29, 0.717) is 11.5 Å². The molecule has 1 aromatic carbocycles. The van der Waals surface area contributed by atoms with Crippen LogP contribution in [0.25, 0.3) is 0 Å². The van der Waals surface area contributed by atoms with Gasteiger partial charge in [-0.1, -0.05) is 5.92 Å². The number of hydrogen-bond donors (Lipinski definition) is 1. The zero-order valence-electron chi connectivity index (χ0n) is 15.2. The molecule has 2 atom stereocenters. The molecule has 1 fully saturated rings. The predicted molar refractivity (Wildman–Crippen MR) is 102 cm³/mol. The number of sulfonamides is 1. The Labute approximate surface area is 159 Å². The fraction of sp³-hybridized carbons (Fsp3) is 0.500. The minimum absolute atomic E-state index is 0.0491. The first-order chi connectivity index (χ1) is 12.1. The summed E-state index contributed by atoms with van der Waals surface area (Å²) >= 11 is 1.47. The first-order valence-corrected chi connectivity index (χ1v) is 10.6. The van der Waals surface area contributed by atoms with Crippen LogP contribution in [0.5, 0.6) is 5.75 Å². The molecular weight excluding hydrogens is 374 g/mol. The van der Waals surface area contributed by atoms with E-state index in [4.69, 9.17) is 4.74 Å². The first-order valence-electron chi connectivity index (χ1n) is 8.17. The van der Waals surface area contributed by atoms with Crippen molar-refractivity contribution in [3.8, 4) is 17.6 Å². The number of rotatable bonds is 5. The number of benzene rings is 1. The van der Waals surface area contributed by atoms with Crippen LogP contribution in [0, 0.1) is 11.8 Å². The summed E-state index contributed by atoms with van der Waals surface area (Å²) in [6, 6.07) is 4.86. The highest BCUT2D eigenvalue weighted by molar-refractivity contribution is 8.00. The van der Waals surface area contributed by atoms with E-state index >= 15 is 0 Å². The fourth-order valence-corrected chi connectivity index (χ4v) is 5.99. The minimum atomic E-state index is -3.93. The summed E-state index contributed by atoms with van der Waals surface area (Å²) in [5.74, 6) is 5.51. The van der Waals surface area contributed by atoms with E-state index in [1.807, 2.05) is 0 Å². The van der Waals surface area contributed by atoms with Crippen LogP contribution in [-0.4, -0.2) is 53.0 Å². The van der Waals surface area contributed by atoms with Gasteiger partial charge in [0.1, 0.15) is 11.8 Å². The maximum absolute atomic E-state index is 13.0. The van der Waals surface area contributed by atoms with Crippen LogP contribution in [0.3, 0.4) is 0 Å². The number of ether oxygens (including phenoxy) is 1. The van der Waals surface area contributed by atoms with E-state index in [9.17, 15) is 18.3 Å². The Kier molecular flexibility index (Phi) is 6.27. The fourth-order valence-electron chi connectivity index (χ4n) is 2.90. The number of carboxylic acid groups (broad SMARTS) is 1. The summed E-state index contributed by atoms with van der Waals surface area (Å²) in [6.07, 6.45) is -0.307. The van der Waals surface area contributed by atoms with Crippen molar-refractivity contribution in [1.29, 1.82) is 0 Å². The number of thioether (sulfide) groups is 1. The molecule has 1 saturated heterocycles. The smallest absolute Gasteiger partial charge is 0.323 e. The van der Waals surface area contributed by atoms with Gasteiger partial charge in [-0.25, -0.2) is 8.42 Å². The van der Waals surface area contributed by atoms with Crippen LogP contribution in [0.15, 0.2) is 29.2 Å². The van der Waals surface area contributed by atoms with E-state index in [0.717, 1.165) is 4.31 Å². The molecule has 8 heteroatoms. The lowest BCUT2D eigenvalue weighted by atomic mass is 10.0. The zero-order valence-corrected chi connectivity index (χ0v) is 16.9. The van der Waals surface area contributed by atoms with Crippen LogP contribution < -0.4 is 4.74 Å². The second-order valence-corrected chi connectivity index (χ2v) is 10.1. The highest BCUT2D eigenvalue weighted by atomic mass is 32.2. The predicted octanol–water partition coefficient (Wildman–Crippen LogP) is 2.45. The molecule has 0 saturated carbocycles. The van der Waals surface area contributed by atoms with Gasteiger partial charge in [0.15, 0.2) is 6.10 Å². The zero-order chi connectivity index (χ0) is 19.5. The lowest BCUT2D eigenvalue weighted by Gasteiger charge is -2.42. The molecule has 1 aliphatic rings. The summed E-state index contributed by atoms with van der Waals surface area (Å²) in [6.45, 7) is 7.18. The van der Waals surface area contributed by atoms with Crippen LogP contribution in [0.1, 0.15) is 27.7 Å². The molecular formula is C18H23NO5S2. The highest BCUT2D eigenvalue weighted by Gasteiger charge is 2.48. The van der Waals surface area contributed by atoms with Crippen molar-refractivity contribution in [3.05, 3.63) is 24.3 Å². The van der Waals surface area contributed by atoms with Crippen molar-refractivity contribution in [2.45, 2.75) is 49.5 Å².